The summed E-state index contributed by atoms with van der Waals surface area (Å²) in [6, 6.07) is 20.8. The zero-order chi connectivity index (χ0) is 26.3. The van der Waals surface area contributed by atoms with E-state index in [4.69, 9.17) is 14.2 Å². The summed E-state index contributed by atoms with van der Waals surface area (Å²) in [7, 11) is 2.20. The summed E-state index contributed by atoms with van der Waals surface area (Å²) in [5, 5.41) is 10.5. The minimum atomic E-state index is -0.455. The first-order chi connectivity index (χ1) is 18.1. The van der Waals surface area contributed by atoms with Crippen LogP contribution in [0, 0.1) is 0 Å². The molecular formula is C32H49NO4. The van der Waals surface area contributed by atoms with E-state index in [0.29, 0.717) is 19.8 Å². The van der Waals surface area contributed by atoms with Crippen molar-refractivity contribution in [1.29, 1.82) is 0 Å². The largest absolute Gasteiger partial charge is 0.391 e. The Morgan fingerprint density at radius 3 is 1.97 bits per heavy atom. The molecule has 0 aliphatic heterocycles. The van der Waals surface area contributed by atoms with E-state index < -0.39 is 6.10 Å². The molecular weight excluding hydrogens is 462 g/mol. The van der Waals surface area contributed by atoms with Crippen LogP contribution in [-0.4, -0.2) is 60.7 Å². The molecule has 37 heavy (non-hydrogen) atoms. The summed E-state index contributed by atoms with van der Waals surface area (Å²) in [6.07, 6.45) is 8.00. The van der Waals surface area contributed by atoms with Gasteiger partial charge in [0, 0.05) is 6.42 Å². The van der Waals surface area contributed by atoms with Gasteiger partial charge in [-0.3, -0.25) is 4.90 Å². The SMILES string of the molecule is CCCCCCCN(C)[C@@H]1[C@@H](OCC(O)CCC)[C@@H](OCc2ccccc2)C[C@H]1OCc1ccccc1. The van der Waals surface area contributed by atoms with Gasteiger partial charge in [-0.25, -0.2) is 0 Å². The predicted molar refractivity (Wildman–Crippen MR) is 150 cm³/mol. The molecule has 1 unspecified atom stereocenters. The predicted octanol–water partition coefficient (Wildman–Crippen LogP) is 6.38. The summed E-state index contributed by atoms with van der Waals surface area (Å²) in [4.78, 5) is 2.42. The van der Waals surface area contributed by atoms with Gasteiger partial charge in [-0.2, -0.15) is 0 Å². The van der Waals surface area contributed by atoms with Crippen molar-refractivity contribution in [2.45, 2.75) is 109 Å². The van der Waals surface area contributed by atoms with Crippen LogP contribution in [0.4, 0.5) is 0 Å². The van der Waals surface area contributed by atoms with Crippen molar-refractivity contribution in [3.05, 3.63) is 71.8 Å². The molecule has 0 aromatic heterocycles. The molecule has 0 amide bonds. The van der Waals surface area contributed by atoms with E-state index in [1.165, 1.54) is 37.7 Å². The number of benzene rings is 2. The van der Waals surface area contributed by atoms with E-state index in [0.717, 1.165) is 31.4 Å². The Labute approximate surface area is 225 Å². The van der Waals surface area contributed by atoms with Gasteiger partial charge in [0.05, 0.1) is 44.2 Å². The van der Waals surface area contributed by atoms with Gasteiger partial charge in [-0.1, -0.05) is 107 Å². The summed E-state index contributed by atoms with van der Waals surface area (Å²) in [5.74, 6) is 0. The number of nitrogens with zero attached hydrogens (tertiary/aromatic N) is 1. The first kappa shape index (κ1) is 29.8. The maximum atomic E-state index is 10.5. The standard InChI is InChI=1S/C32H49NO4/c1-4-6-7-8-15-21-33(3)31-29(35-23-26-17-11-9-12-18-26)22-30(32(31)37-25-28(34)16-5-2)36-24-27-19-13-10-14-20-27/h9-14,17-20,28-32,34H,4-8,15-16,21-25H2,1-3H3/t28?,29-,30+,31+,32+/m1/s1. The number of hydrogen-bond acceptors (Lipinski definition) is 5. The molecule has 1 aliphatic carbocycles. The highest BCUT2D eigenvalue weighted by atomic mass is 16.6. The van der Waals surface area contributed by atoms with E-state index in [-0.39, 0.29) is 24.4 Å². The van der Waals surface area contributed by atoms with Crippen LogP contribution in [0.15, 0.2) is 60.7 Å². The summed E-state index contributed by atoms with van der Waals surface area (Å²) in [6.45, 7) is 6.79. The first-order valence-corrected chi connectivity index (χ1v) is 14.4. The first-order valence-electron chi connectivity index (χ1n) is 14.4. The molecule has 5 heteroatoms. The second-order valence-corrected chi connectivity index (χ2v) is 10.5. The number of aliphatic hydroxyl groups excluding tert-OH is 1. The Kier molecular flexibility index (Phi) is 13.6. The molecule has 5 nitrogen and oxygen atoms in total. The van der Waals surface area contributed by atoms with Crippen LogP contribution >= 0.6 is 0 Å². The number of unbranched alkanes of at least 4 members (excludes halogenated alkanes) is 4. The number of hydrogen-bond donors (Lipinski definition) is 1. The number of ether oxygens (including phenoxy) is 3. The Morgan fingerprint density at radius 1 is 0.784 bits per heavy atom. The maximum absolute atomic E-state index is 10.5. The molecule has 1 N–H and O–H groups in total. The molecule has 2 aromatic rings. The van der Waals surface area contributed by atoms with Crippen LogP contribution in [-0.2, 0) is 27.4 Å². The zero-order valence-corrected chi connectivity index (χ0v) is 23.3. The lowest BCUT2D eigenvalue weighted by Gasteiger charge is -2.34. The van der Waals surface area contributed by atoms with Gasteiger partial charge >= 0.3 is 0 Å². The molecule has 0 radical (unpaired) electrons. The maximum Gasteiger partial charge on any atom is 0.102 e. The van der Waals surface area contributed by atoms with Crippen molar-refractivity contribution in [3.8, 4) is 0 Å². The normalized spacial score (nSPS) is 22.5. The van der Waals surface area contributed by atoms with Gasteiger partial charge in [0.1, 0.15) is 6.10 Å². The lowest BCUT2D eigenvalue weighted by Crippen LogP contribution is -2.49. The Hall–Kier alpha value is -1.76. The second-order valence-electron chi connectivity index (χ2n) is 10.5. The summed E-state index contributed by atoms with van der Waals surface area (Å²) < 4.78 is 19.6. The van der Waals surface area contributed by atoms with Crippen molar-refractivity contribution in [2.75, 3.05) is 20.2 Å². The average molecular weight is 512 g/mol. The number of rotatable bonds is 18. The quantitative estimate of drug-likeness (QED) is 0.235. The molecule has 2 aromatic carbocycles. The van der Waals surface area contributed by atoms with Gasteiger partial charge in [0.15, 0.2) is 0 Å². The van der Waals surface area contributed by atoms with Crippen LogP contribution in [0.3, 0.4) is 0 Å². The fourth-order valence-corrected chi connectivity index (χ4v) is 5.31. The third-order valence-corrected chi connectivity index (χ3v) is 7.39. The van der Waals surface area contributed by atoms with Crippen molar-refractivity contribution in [2.24, 2.45) is 0 Å². The monoisotopic (exact) mass is 511 g/mol. The number of aliphatic hydroxyl groups is 1. The number of likely N-dealkylation sites (N-methyl/N-ethyl adjacent to an activating group) is 1. The summed E-state index contributed by atoms with van der Waals surface area (Å²) in [5.41, 5.74) is 2.33. The van der Waals surface area contributed by atoms with E-state index in [1.807, 2.05) is 24.3 Å². The topological polar surface area (TPSA) is 51.2 Å². The van der Waals surface area contributed by atoms with E-state index in [9.17, 15) is 5.11 Å². The van der Waals surface area contributed by atoms with Gasteiger partial charge in [-0.15, -0.1) is 0 Å². The third-order valence-electron chi connectivity index (χ3n) is 7.39. The zero-order valence-electron chi connectivity index (χ0n) is 23.3. The molecule has 3 rings (SSSR count). The van der Waals surface area contributed by atoms with Crippen LogP contribution in [0.2, 0.25) is 0 Å². The fourth-order valence-electron chi connectivity index (χ4n) is 5.31. The molecule has 206 valence electrons. The van der Waals surface area contributed by atoms with Gasteiger partial charge in [0.25, 0.3) is 0 Å². The Balaban J connectivity index is 1.73. The lowest BCUT2D eigenvalue weighted by molar-refractivity contribution is -0.107. The lowest BCUT2D eigenvalue weighted by atomic mass is 10.1. The second kappa shape index (κ2) is 17.0. The molecule has 1 aliphatic rings. The molecule has 0 bridgehead atoms. The highest BCUT2D eigenvalue weighted by Gasteiger charge is 2.47. The highest BCUT2D eigenvalue weighted by molar-refractivity contribution is 5.15. The fraction of sp³-hybridized carbons (Fsp3) is 0.625. The van der Waals surface area contributed by atoms with Crippen LogP contribution in [0.1, 0.15) is 76.3 Å². The smallest absolute Gasteiger partial charge is 0.102 e. The molecule has 1 saturated carbocycles. The van der Waals surface area contributed by atoms with Crippen molar-refractivity contribution in [3.63, 3.8) is 0 Å². The Morgan fingerprint density at radius 2 is 1.38 bits per heavy atom. The molecule has 0 saturated heterocycles. The van der Waals surface area contributed by atoms with Crippen LogP contribution in [0.25, 0.3) is 0 Å². The Bertz CT molecular complexity index is 833. The van der Waals surface area contributed by atoms with Gasteiger partial charge < -0.3 is 19.3 Å². The average Bonchev–Trinajstić information content (AvgIpc) is 3.28. The van der Waals surface area contributed by atoms with Crippen LogP contribution in [0.5, 0.6) is 0 Å². The van der Waals surface area contributed by atoms with Gasteiger partial charge in [-0.05, 0) is 37.6 Å². The van der Waals surface area contributed by atoms with E-state index in [1.54, 1.807) is 0 Å². The molecule has 0 heterocycles. The summed E-state index contributed by atoms with van der Waals surface area (Å²) >= 11 is 0. The van der Waals surface area contributed by atoms with Gasteiger partial charge in [0.2, 0.25) is 0 Å². The third kappa shape index (κ3) is 10.1. The van der Waals surface area contributed by atoms with Crippen molar-refractivity contribution in [1.82, 2.24) is 4.90 Å². The van der Waals surface area contributed by atoms with Crippen LogP contribution < -0.4 is 0 Å². The van der Waals surface area contributed by atoms with Crippen molar-refractivity contribution < 1.29 is 19.3 Å². The highest BCUT2D eigenvalue weighted by Crippen LogP contribution is 2.33. The minimum Gasteiger partial charge on any atom is -0.391 e. The molecule has 0 spiro atoms. The minimum absolute atomic E-state index is 0.00469. The molecule has 5 atom stereocenters. The molecule has 1 fully saturated rings. The van der Waals surface area contributed by atoms with Crippen molar-refractivity contribution >= 4 is 0 Å². The van der Waals surface area contributed by atoms with E-state index >= 15 is 0 Å². The van der Waals surface area contributed by atoms with E-state index in [2.05, 4.69) is 62.2 Å².